The highest BCUT2D eigenvalue weighted by atomic mass is 32.1. The Bertz CT molecular complexity index is 306. The van der Waals surface area contributed by atoms with Gasteiger partial charge in [-0.25, -0.2) is 0 Å². The van der Waals surface area contributed by atoms with Crippen LogP contribution in [0.5, 0.6) is 0 Å². The summed E-state index contributed by atoms with van der Waals surface area (Å²) in [6.45, 7) is 0. The molecule has 1 unspecified atom stereocenters. The summed E-state index contributed by atoms with van der Waals surface area (Å²) in [6.07, 6.45) is 1.92. The van der Waals surface area contributed by atoms with Gasteiger partial charge in [-0.3, -0.25) is 0 Å². The van der Waals surface area contributed by atoms with Crippen LogP contribution >= 0.6 is 11.3 Å². The minimum atomic E-state index is -0.231. The standard InChI is InChI=1S/C9H10N2S/c10-6-9(3-4-9)8(11)7-2-1-5-12-7/h1-2,5,8H,3-4,11H2. The van der Waals surface area contributed by atoms with Gasteiger partial charge in [0, 0.05) is 4.88 Å². The minimum Gasteiger partial charge on any atom is -0.322 e. The number of hydrogen-bond donors (Lipinski definition) is 1. The van der Waals surface area contributed by atoms with Crippen molar-refractivity contribution in [2.45, 2.75) is 18.9 Å². The minimum absolute atomic E-state index is 0.0671. The molecule has 1 fully saturated rings. The molecule has 0 spiro atoms. The summed E-state index contributed by atoms with van der Waals surface area (Å²) >= 11 is 1.64. The molecule has 1 aromatic heterocycles. The van der Waals surface area contributed by atoms with Crippen LogP contribution in [0.3, 0.4) is 0 Å². The van der Waals surface area contributed by atoms with Crippen LogP contribution in [0.2, 0.25) is 0 Å². The van der Waals surface area contributed by atoms with E-state index in [0.29, 0.717) is 0 Å². The lowest BCUT2D eigenvalue weighted by atomic mass is 9.98. The number of nitrogens with zero attached hydrogens (tertiary/aromatic N) is 1. The monoisotopic (exact) mass is 178 g/mol. The first kappa shape index (κ1) is 7.78. The molecule has 62 valence electrons. The molecule has 0 radical (unpaired) electrons. The number of thiophene rings is 1. The Morgan fingerprint density at radius 2 is 2.42 bits per heavy atom. The molecule has 1 aliphatic carbocycles. The normalized spacial score (nSPS) is 21.3. The van der Waals surface area contributed by atoms with Gasteiger partial charge in [-0.2, -0.15) is 5.26 Å². The average molecular weight is 178 g/mol. The lowest BCUT2D eigenvalue weighted by molar-refractivity contribution is 0.527. The zero-order chi connectivity index (χ0) is 8.60. The molecule has 0 bridgehead atoms. The van der Waals surface area contributed by atoms with Gasteiger partial charge in [0.2, 0.25) is 0 Å². The zero-order valence-electron chi connectivity index (χ0n) is 6.66. The largest absolute Gasteiger partial charge is 0.322 e. The van der Waals surface area contributed by atoms with Crippen LogP contribution in [-0.2, 0) is 0 Å². The topological polar surface area (TPSA) is 49.8 Å². The van der Waals surface area contributed by atoms with Crippen LogP contribution in [0.25, 0.3) is 0 Å². The Morgan fingerprint density at radius 1 is 1.67 bits per heavy atom. The van der Waals surface area contributed by atoms with Gasteiger partial charge in [0.1, 0.15) is 0 Å². The highest BCUT2D eigenvalue weighted by Crippen LogP contribution is 2.53. The lowest BCUT2D eigenvalue weighted by Crippen LogP contribution is -2.20. The fourth-order valence-electron chi connectivity index (χ4n) is 1.37. The zero-order valence-corrected chi connectivity index (χ0v) is 7.47. The molecule has 2 rings (SSSR count). The van der Waals surface area contributed by atoms with Crippen molar-refractivity contribution in [3.05, 3.63) is 22.4 Å². The number of nitrogens with two attached hydrogens (primary N) is 1. The molecule has 3 heteroatoms. The van der Waals surface area contributed by atoms with Gasteiger partial charge >= 0.3 is 0 Å². The molecule has 12 heavy (non-hydrogen) atoms. The first-order chi connectivity index (χ1) is 5.78. The molecule has 0 aromatic carbocycles. The number of hydrogen-bond acceptors (Lipinski definition) is 3. The predicted octanol–water partition coefficient (Wildman–Crippen LogP) is 2.05. The number of rotatable bonds is 2. The van der Waals surface area contributed by atoms with E-state index in [9.17, 15) is 0 Å². The van der Waals surface area contributed by atoms with Crippen LogP contribution in [0.1, 0.15) is 23.8 Å². The molecule has 1 heterocycles. The maximum absolute atomic E-state index is 8.90. The Balaban J connectivity index is 2.22. The summed E-state index contributed by atoms with van der Waals surface area (Å²) in [5.41, 5.74) is 5.75. The quantitative estimate of drug-likeness (QED) is 0.753. The molecular weight excluding hydrogens is 168 g/mol. The van der Waals surface area contributed by atoms with E-state index in [0.717, 1.165) is 17.7 Å². The van der Waals surface area contributed by atoms with Crippen molar-refractivity contribution in [1.29, 1.82) is 5.26 Å². The van der Waals surface area contributed by atoms with Crippen LogP contribution in [0, 0.1) is 16.7 Å². The van der Waals surface area contributed by atoms with Gasteiger partial charge < -0.3 is 5.73 Å². The van der Waals surface area contributed by atoms with E-state index in [1.165, 1.54) is 0 Å². The van der Waals surface area contributed by atoms with E-state index in [1.807, 2.05) is 17.5 Å². The first-order valence-corrected chi connectivity index (χ1v) is 4.87. The second-order valence-electron chi connectivity index (χ2n) is 3.26. The highest BCUT2D eigenvalue weighted by molar-refractivity contribution is 7.10. The van der Waals surface area contributed by atoms with E-state index in [1.54, 1.807) is 11.3 Å². The Labute approximate surface area is 75.6 Å². The van der Waals surface area contributed by atoms with Gasteiger partial charge in [-0.1, -0.05) is 6.07 Å². The third-order valence-corrected chi connectivity index (χ3v) is 3.41. The molecule has 0 aliphatic heterocycles. The Hall–Kier alpha value is -0.850. The molecule has 1 atom stereocenters. The smallest absolute Gasteiger partial charge is 0.0775 e. The summed E-state index contributed by atoms with van der Waals surface area (Å²) < 4.78 is 0. The summed E-state index contributed by atoms with van der Waals surface area (Å²) in [6, 6.07) is 6.24. The third kappa shape index (κ3) is 1.04. The summed E-state index contributed by atoms with van der Waals surface area (Å²) in [7, 11) is 0. The van der Waals surface area contributed by atoms with Crippen molar-refractivity contribution >= 4 is 11.3 Å². The van der Waals surface area contributed by atoms with Crippen LogP contribution in [-0.4, -0.2) is 0 Å². The molecule has 1 aliphatic rings. The van der Waals surface area contributed by atoms with Gasteiger partial charge in [0.15, 0.2) is 0 Å². The molecule has 2 N–H and O–H groups in total. The Kier molecular flexibility index (Phi) is 1.67. The lowest BCUT2D eigenvalue weighted by Gasteiger charge is -2.13. The van der Waals surface area contributed by atoms with Gasteiger partial charge in [-0.15, -0.1) is 11.3 Å². The van der Waals surface area contributed by atoms with E-state index in [4.69, 9.17) is 11.0 Å². The van der Waals surface area contributed by atoms with Crippen LogP contribution in [0.4, 0.5) is 0 Å². The molecule has 0 saturated heterocycles. The summed E-state index contributed by atoms with van der Waals surface area (Å²) in [5, 5.41) is 10.9. The first-order valence-electron chi connectivity index (χ1n) is 3.99. The van der Waals surface area contributed by atoms with Crippen molar-refractivity contribution < 1.29 is 0 Å². The Morgan fingerprint density at radius 3 is 2.83 bits per heavy atom. The number of nitriles is 1. The van der Waals surface area contributed by atoms with Crippen molar-refractivity contribution in [3.63, 3.8) is 0 Å². The van der Waals surface area contributed by atoms with Gasteiger partial charge in [-0.05, 0) is 24.3 Å². The maximum Gasteiger partial charge on any atom is 0.0775 e. The van der Waals surface area contributed by atoms with E-state index >= 15 is 0 Å². The second-order valence-corrected chi connectivity index (χ2v) is 4.24. The average Bonchev–Trinajstić information content (AvgIpc) is 2.71. The summed E-state index contributed by atoms with van der Waals surface area (Å²) in [5.74, 6) is 0. The van der Waals surface area contributed by atoms with Crippen LogP contribution < -0.4 is 5.73 Å². The molecule has 1 aromatic rings. The molecule has 2 nitrogen and oxygen atoms in total. The molecule has 0 amide bonds. The van der Waals surface area contributed by atoms with E-state index < -0.39 is 0 Å². The fourth-order valence-corrected chi connectivity index (χ4v) is 2.21. The maximum atomic E-state index is 8.90. The van der Waals surface area contributed by atoms with E-state index in [-0.39, 0.29) is 11.5 Å². The van der Waals surface area contributed by atoms with Gasteiger partial charge in [0.25, 0.3) is 0 Å². The fraction of sp³-hybridized carbons (Fsp3) is 0.444. The SMILES string of the molecule is N#CC1(C(N)c2cccs2)CC1. The van der Waals surface area contributed by atoms with Crippen molar-refractivity contribution in [1.82, 2.24) is 0 Å². The van der Waals surface area contributed by atoms with Crippen molar-refractivity contribution in [3.8, 4) is 6.07 Å². The van der Waals surface area contributed by atoms with Crippen molar-refractivity contribution in [2.75, 3.05) is 0 Å². The third-order valence-electron chi connectivity index (χ3n) is 2.46. The van der Waals surface area contributed by atoms with E-state index in [2.05, 4.69) is 6.07 Å². The second kappa shape index (κ2) is 2.58. The van der Waals surface area contributed by atoms with Crippen molar-refractivity contribution in [2.24, 2.45) is 11.1 Å². The summed E-state index contributed by atoms with van der Waals surface area (Å²) in [4.78, 5) is 1.13. The van der Waals surface area contributed by atoms with Gasteiger partial charge in [0.05, 0.1) is 17.5 Å². The molecule has 1 saturated carbocycles. The predicted molar refractivity (Wildman–Crippen MR) is 48.5 cm³/mol. The molecular formula is C9H10N2S. The van der Waals surface area contributed by atoms with Crippen LogP contribution in [0.15, 0.2) is 17.5 Å². The highest BCUT2D eigenvalue weighted by Gasteiger charge is 2.49.